The summed E-state index contributed by atoms with van der Waals surface area (Å²) >= 11 is 0. The number of methoxy groups -OCH3 is 1. The lowest BCUT2D eigenvalue weighted by molar-refractivity contribution is 0.0960. The molecule has 8 heteroatoms. The van der Waals surface area contributed by atoms with Gasteiger partial charge in [0.15, 0.2) is 5.78 Å². The van der Waals surface area contributed by atoms with Gasteiger partial charge in [0.05, 0.1) is 11.6 Å². The van der Waals surface area contributed by atoms with Crippen molar-refractivity contribution in [1.82, 2.24) is 14.5 Å². The fourth-order valence-electron chi connectivity index (χ4n) is 3.71. The predicted molar refractivity (Wildman–Crippen MR) is 97.2 cm³/mol. The molecule has 0 aliphatic heterocycles. The zero-order valence-electron chi connectivity index (χ0n) is 14.9. The van der Waals surface area contributed by atoms with E-state index in [2.05, 4.69) is 9.97 Å². The lowest BCUT2D eigenvalue weighted by atomic mass is 9.81. The SMILES string of the molecule is COCCCn1c(=O)[nH]c(=O)c2c3c(cnc21)C(=O)C[C@H](c1ccco1)C3. The van der Waals surface area contributed by atoms with Crippen molar-refractivity contribution >= 4 is 16.8 Å². The van der Waals surface area contributed by atoms with Gasteiger partial charge in [0.2, 0.25) is 0 Å². The number of carbonyl (C=O) groups is 1. The Morgan fingerprint density at radius 3 is 2.93 bits per heavy atom. The number of nitrogens with zero attached hydrogens (tertiary/aromatic N) is 2. The second-order valence-corrected chi connectivity index (χ2v) is 6.65. The average molecular weight is 369 g/mol. The van der Waals surface area contributed by atoms with E-state index < -0.39 is 11.2 Å². The number of rotatable bonds is 5. The Bertz CT molecular complexity index is 1110. The standard InChI is InChI=1S/C19H19N3O5/c1-26-6-3-5-22-17-16(18(24)21-19(22)25)12-8-11(15-4-2-7-27-15)9-14(23)13(12)10-20-17/h2,4,7,10-11H,3,5-6,8-9H2,1H3,(H,21,24,25)/t11-/m1/s1. The molecule has 0 bridgehead atoms. The molecule has 8 nitrogen and oxygen atoms in total. The van der Waals surface area contributed by atoms with Crippen LogP contribution in [0.1, 0.15) is 40.4 Å². The quantitative estimate of drug-likeness (QED) is 0.685. The van der Waals surface area contributed by atoms with E-state index in [1.54, 1.807) is 19.4 Å². The smallest absolute Gasteiger partial charge is 0.329 e. The van der Waals surface area contributed by atoms with Gasteiger partial charge in [-0.25, -0.2) is 9.78 Å². The molecule has 0 spiro atoms. The summed E-state index contributed by atoms with van der Waals surface area (Å²) in [6, 6.07) is 3.61. The number of hydrogen-bond donors (Lipinski definition) is 1. The van der Waals surface area contributed by atoms with E-state index >= 15 is 0 Å². The van der Waals surface area contributed by atoms with Gasteiger partial charge >= 0.3 is 5.69 Å². The molecule has 0 saturated carbocycles. The van der Waals surface area contributed by atoms with Crippen molar-refractivity contribution in [2.75, 3.05) is 13.7 Å². The molecule has 1 N–H and O–H groups in total. The van der Waals surface area contributed by atoms with Crippen LogP contribution in [0, 0.1) is 0 Å². The van der Waals surface area contributed by atoms with Crippen LogP contribution in [0.15, 0.2) is 38.6 Å². The number of nitrogens with one attached hydrogen (secondary N) is 1. The Balaban J connectivity index is 1.88. The van der Waals surface area contributed by atoms with Crippen LogP contribution in [0.4, 0.5) is 0 Å². The summed E-state index contributed by atoms with van der Waals surface area (Å²) < 4.78 is 11.9. The molecule has 1 aliphatic rings. The van der Waals surface area contributed by atoms with Gasteiger partial charge in [-0.2, -0.15) is 0 Å². The number of fused-ring (bicyclic) bond motifs is 3. The number of aromatic amines is 1. The lowest BCUT2D eigenvalue weighted by Crippen LogP contribution is -2.33. The van der Waals surface area contributed by atoms with Gasteiger partial charge in [-0.3, -0.25) is 19.1 Å². The third-order valence-corrected chi connectivity index (χ3v) is 4.97. The fraction of sp³-hybridized carbons (Fsp3) is 0.368. The van der Waals surface area contributed by atoms with Gasteiger partial charge in [0, 0.05) is 44.4 Å². The summed E-state index contributed by atoms with van der Waals surface area (Å²) in [5.41, 5.74) is 0.333. The first-order chi connectivity index (χ1) is 13.1. The Morgan fingerprint density at radius 2 is 2.19 bits per heavy atom. The summed E-state index contributed by atoms with van der Waals surface area (Å²) in [6.45, 7) is 0.846. The van der Waals surface area contributed by atoms with Crippen molar-refractivity contribution in [3.05, 3.63) is 62.3 Å². The van der Waals surface area contributed by atoms with Gasteiger partial charge in [-0.15, -0.1) is 0 Å². The van der Waals surface area contributed by atoms with E-state index in [0.717, 1.165) is 0 Å². The molecule has 0 radical (unpaired) electrons. The summed E-state index contributed by atoms with van der Waals surface area (Å²) in [4.78, 5) is 44.1. The topological polar surface area (TPSA) is 107 Å². The highest BCUT2D eigenvalue weighted by Gasteiger charge is 2.31. The minimum Gasteiger partial charge on any atom is -0.469 e. The summed E-state index contributed by atoms with van der Waals surface area (Å²) in [5, 5.41) is 0.300. The largest absolute Gasteiger partial charge is 0.469 e. The van der Waals surface area contributed by atoms with E-state index in [1.165, 1.54) is 10.8 Å². The maximum absolute atomic E-state index is 12.6. The summed E-state index contributed by atoms with van der Waals surface area (Å²) in [6.07, 6.45) is 4.43. The van der Waals surface area contributed by atoms with E-state index in [0.29, 0.717) is 60.3 Å². The van der Waals surface area contributed by atoms with E-state index in [-0.39, 0.29) is 11.7 Å². The Labute approximate surface area is 153 Å². The predicted octanol–water partition coefficient (Wildman–Crippen LogP) is 1.63. The number of pyridine rings is 1. The van der Waals surface area contributed by atoms with Crippen LogP contribution >= 0.6 is 0 Å². The monoisotopic (exact) mass is 369 g/mol. The summed E-state index contributed by atoms with van der Waals surface area (Å²) in [7, 11) is 1.59. The average Bonchev–Trinajstić information content (AvgIpc) is 3.18. The molecular formula is C19H19N3O5. The normalized spacial score (nSPS) is 16.6. The van der Waals surface area contributed by atoms with Crippen molar-refractivity contribution in [3.8, 4) is 0 Å². The molecular weight excluding hydrogens is 350 g/mol. The van der Waals surface area contributed by atoms with Crippen molar-refractivity contribution < 1.29 is 13.9 Å². The van der Waals surface area contributed by atoms with Crippen LogP contribution in [-0.4, -0.2) is 34.0 Å². The third kappa shape index (κ3) is 3.02. The molecule has 0 amide bonds. The molecule has 1 aliphatic carbocycles. The van der Waals surface area contributed by atoms with Gasteiger partial charge in [-0.05, 0) is 30.5 Å². The first-order valence-electron chi connectivity index (χ1n) is 8.80. The zero-order valence-corrected chi connectivity index (χ0v) is 14.9. The number of Topliss-reactive ketones (excluding diaryl/α,β-unsaturated/α-hetero) is 1. The first-order valence-corrected chi connectivity index (χ1v) is 8.80. The number of hydrogen-bond acceptors (Lipinski definition) is 6. The fourth-order valence-corrected chi connectivity index (χ4v) is 3.71. The molecule has 27 heavy (non-hydrogen) atoms. The molecule has 3 aromatic heterocycles. The van der Waals surface area contributed by atoms with Gasteiger partial charge in [0.1, 0.15) is 11.4 Å². The number of aromatic nitrogens is 3. The molecule has 3 aromatic rings. The molecule has 0 saturated heterocycles. The number of ether oxygens (including phenoxy) is 1. The highest BCUT2D eigenvalue weighted by atomic mass is 16.5. The number of H-pyrrole nitrogens is 1. The van der Waals surface area contributed by atoms with Crippen LogP contribution in [-0.2, 0) is 17.7 Å². The van der Waals surface area contributed by atoms with E-state index in [1.807, 2.05) is 6.07 Å². The van der Waals surface area contributed by atoms with Crippen LogP contribution in [0.5, 0.6) is 0 Å². The second kappa shape index (κ2) is 6.96. The number of aryl methyl sites for hydroxylation is 1. The van der Waals surface area contributed by atoms with E-state index in [4.69, 9.17) is 9.15 Å². The highest BCUT2D eigenvalue weighted by molar-refractivity contribution is 6.02. The van der Waals surface area contributed by atoms with Gasteiger partial charge in [-0.1, -0.05) is 0 Å². The molecule has 1 atom stereocenters. The lowest BCUT2D eigenvalue weighted by Gasteiger charge is -2.23. The van der Waals surface area contributed by atoms with Gasteiger partial charge in [0.25, 0.3) is 5.56 Å². The van der Waals surface area contributed by atoms with Crippen molar-refractivity contribution in [2.24, 2.45) is 0 Å². The highest BCUT2D eigenvalue weighted by Crippen LogP contribution is 2.34. The number of furan rings is 1. The Hall–Kier alpha value is -3.00. The first kappa shape index (κ1) is 17.4. The maximum atomic E-state index is 12.6. The van der Waals surface area contributed by atoms with Crippen LogP contribution in [0.3, 0.4) is 0 Å². The molecule has 0 aromatic carbocycles. The molecule has 0 unspecified atom stereocenters. The van der Waals surface area contributed by atoms with Crippen LogP contribution in [0.25, 0.3) is 11.0 Å². The van der Waals surface area contributed by atoms with E-state index in [9.17, 15) is 14.4 Å². The third-order valence-electron chi connectivity index (χ3n) is 4.97. The molecule has 3 heterocycles. The maximum Gasteiger partial charge on any atom is 0.329 e. The number of ketones is 1. The van der Waals surface area contributed by atoms with Gasteiger partial charge < -0.3 is 9.15 Å². The van der Waals surface area contributed by atoms with Crippen molar-refractivity contribution in [1.29, 1.82) is 0 Å². The van der Waals surface area contributed by atoms with Crippen LogP contribution in [0.2, 0.25) is 0 Å². The minimum atomic E-state index is -0.518. The second-order valence-electron chi connectivity index (χ2n) is 6.65. The minimum absolute atomic E-state index is 0.0800. The Morgan fingerprint density at radius 1 is 1.33 bits per heavy atom. The zero-order chi connectivity index (χ0) is 19.0. The number of carbonyl (C=O) groups excluding carboxylic acids is 1. The Kier molecular flexibility index (Phi) is 4.49. The molecule has 140 valence electrons. The molecule has 4 rings (SSSR count). The van der Waals surface area contributed by atoms with Crippen LogP contribution < -0.4 is 11.2 Å². The molecule has 0 fully saturated rings. The summed E-state index contributed by atoms with van der Waals surface area (Å²) in [5.74, 6) is 0.492. The van der Waals surface area contributed by atoms with Crippen molar-refractivity contribution in [2.45, 2.75) is 31.7 Å². The van der Waals surface area contributed by atoms with Crippen molar-refractivity contribution in [3.63, 3.8) is 0 Å².